The highest BCUT2D eigenvalue weighted by atomic mass is 32.1. The number of carboxylic acids is 1. The number of aryl methyl sites for hydroxylation is 1. The number of rotatable bonds is 4. The monoisotopic (exact) mass is 409 g/mol. The van der Waals surface area contributed by atoms with Crippen molar-refractivity contribution < 1.29 is 19.4 Å². The Morgan fingerprint density at radius 3 is 2.79 bits per heavy atom. The number of carbonyl (C=O) groups is 2. The Kier molecular flexibility index (Phi) is 4.79. The van der Waals surface area contributed by atoms with E-state index in [-0.39, 0.29) is 5.91 Å². The van der Waals surface area contributed by atoms with Crippen LogP contribution in [0.1, 0.15) is 18.7 Å². The SMILES string of the molecule is Cc1sc(-c2ccccn2)nc1-c1ccc2c(c1)N(C(C)C(=O)O)C(=O)C(C)O2. The van der Waals surface area contributed by atoms with Gasteiger partial charge >= 0.3 is 5.97 Å². The molecule has 3 heterocycles. The van der Waals surface area contributed by atoms with Crippen LogP contribution < -0.4 is 9.64 Å². The van der Waals surface area contributed by atoms with Crippen molar-refractivity contribution in [2.75, 3.05) is 4.90 Å². The smallest absolute Gasteiger partial charge is 0.326 e. The number of ether oxygens (including phenoxy) is 1. The van der Waals surface area contributed by atoms with E-state index in [1.54, 1.807) is 25.3 Å². The van der Waals surface area contributed by atoms with Crippen molar-refractivity contribution in [1.82, 2.24) is 9.97 Å². The van der Waals surface area contributed by atoms with E-state index >= 15 is 0 Å². The number of carbonyl (C=O) groups excluding carboxylic acids is 1. The molecule has 1 amide bonds. The normalized spacial score (nSPS) is 16.9. The van der Waals surface area contributed by atoms with Crippen LogP contribution in [0.25, 0.3) is 22.0 Å². The Hall–Kier alpha value is -3.26. The summed E-state index contributed by atoms with van der Waals surface area (Å²) in [5.74, 6) is -0.980. The quantitative estimate of drug-likeness (QED) is 0.705. The van der Waals surface area contributed by atoms with Crippen molar-refractivity contribution in [3.05, 3.63) is 47.5 Å². The predicted molar refractivity (Wildman–Crippen MR) is 110 cm³/mol. The number of hydrogen-bond donors (Lipinski definition) is 1. The first-order valence-corrected chi connectivity index (χ1v) is 9.94. The Bertz CT molecular complexity index is 1100. The first kappa shape index (κ1) is 19.1. The van der Waals surface area contributed by atoms with Gasteiger partial charge in [-0.05, 0) is 51.1 Å². The van der Waals surface area contributed by atoms with Crippen molar-refractivity contribution >= 4 is 28.9 Å². The fourth-order valence-electron chi connectivity index (χ4n) is 3.28. The number of pyridine rings is 1. The molecule has 2 aromatic heterocycles. The van der Waals surface area contributed by atoms with Gasteiger partial charge in [-0.1, -0.05) is 6.07 Å². The molecule has 4 rings (SSSR count). The zero-order valence-corrected chi connectivity index (χ0v) is 16.9. The molecule has 0 radical (unpaired) electrons. The van der Waals surface area contributed by atoms with Crippen molar-refractivity contribution in [3.63, 3.8) is 0 Å². The third kappa shape index (κ3) is 3.36. The van der Waals surface area contributed by atoms with Gasteiger partial charge in [0.25, 0.3) is 5.91 Å². The third-order valence-electron chi connectivity index (χ3n) is 4.81. The van der Waals surface area contributed by atoms with Crippen LogP contribution in [0.5, 0.6) is 5.75 Å². The minimum absolute atomic E-state index is 0.381. The average Bonchev–Trinajstić information content (AvgIpc) is 3.10. The maximum absolute atomic E-state index is 12.7. The van der Waals surface area contributed by atoms with E-state index in [0.29, 0.717) is 11.4 Å². The summed E-state index contributed by atoms with van der Waals surface area (Å²) in [5.41, 5.74) is 2.78. The number of hydrogen-bond acceptors (Lipinski definition) is 6. The van der Waals surface area contributed by atoms with E-state index in [9.17, 15) is 14.7 Å². The molecule has 0 saturated heterocycles. The second kappa shape index (κ2) is 7.29. The number of carboxylic acid groups (broad SMARTS) is 1. The Morgan fingerprint density at radius 2 is 2.10 bits per heavy atom. The van der Waals surface area contributed by atoms with Crippen LogP contribution in [0.15, 0.2) is 42.6 Å². The summed E-state index contributed by atoms with van der Waals surface area (Å²) < 4.78 is 5.69. The van der Waals surface area contributed by atoms with Gasteiger partial charge < -0.3 is 9.84 Å². The lowest BCUT2D eigenvalue weighted by molar-refractivity contribution is -0.140. The summed E-state index contributed by atoms with van der Waals surface area (Å²) in [6.07, 6.45) is 0.979. The van der Waals surface area contributed by atoms with Crippen molar-refractivity contribution in [2.24, 2.45) is 0 Å². The van der Waals surface area contributed by atoms with Gasteiger partial charge in [0.05, 0.1) is 17.1 Å². The second-order valence-electron chi connectivity index (χ2n) is 6.80. The highest BCUT2D eigenvalue weighted by Gasteiger charge is 2.37. The van der Waals surface area contributed by atoms with Gasteiger partial charge in [-0.25, -0.2) is 9.78 Å². The number of benzene rings is 1. The van der Waals surface area contributed by atoms with Crippen LogP contribution in [0, 0.1) is 6.92 Å². The molecule has 2 atom stereocenters. The first-order chi connectivity index (χ1) is 13.9. The van der Waals surface area contributed by atoms with Gasteiger partial charge in [-0.2, -0.15) is 0 Å². The highest BCUT2D eigenvalue weighted by molar-refractivity contribution is 7.15. The molecule has 8 heteroatoms. The van der Waals surface area contributed by atoms with E-state index in [1.807, 2.05) is 31.2 Å². The van der Waals surface area contributed by atoms with Crippen LogP contribution in [0.2, 0.25) is 0 Å². The molecule has 7 nitrogen and oxygen atoms in total. The lowest BCUT2D eigenvalue weighted by Gasteiger charge is -2.35. The van der Waals surface area contributed by atoms with E-state index in [0.717, 1.165) is 26.8 Å². The number of aromatic nitrogens is 2. The summed E-state index contributed by atoms with van der Waals surface area (Å²) in [6.45, 7) is 5.08. The first-order valence-electron chi connectivity index (χ1n) is 9.12. The number of aliphatic carboxylic acids is 1. The molecule has 1 aliphatic heterocycles. The molecular formula is C21H19N3O4S. The van der Waals surface area contributed by atoms with Gasteiger partial charge in [0, 0.05) is 16.6 Å². The van der Waals surface area contributed by atoms with Crippen molar-refractivity contribution in [1.29, 1.82) is 0 Å². The zero-order valence-electron chi connectivity index (χ0n) is 16.1. The minimum atomic E-state index is -1.08. The van der Waals surface area contributed by atoms with Crippen molar-refractivity contribution in [3.8, 4) is 27.7 Å². The summed E-state index contributed by atoms with van der Waals surface area (Å²) in [7, 11) is 0. The molecule has 2 unspecified atom stereocenters. The standard InChI is InChI=1S/C21H19N3O4S/c1-11(21(26)27)24-16-10-14(7-8-17(16)28-12(2)20(24)25)18-13(3)29-19(23-18)15-6-4-5-9-22-15/h4-12H,1-3H3,(H,26,27). The predicted octanol–water partition coefficient (Wildman–Crippen LogP) is 3.77. The van der Waals surface area contributed by atoms with Gasteiger partial charge in [-0.3, -0.25) is 14.7 Å². The molecule has 1 N–H and O–H groups in total. The molecule has 0 fully saturated rings. The van der Waals surface area contributed by atoms with Gasteiger partial charge in [0.1, 0.15) is 16.8 Å². The number of amides is 1. The fraction of sp³-hybridized carbons (Fsp3) is 0.238. The number of nitrogens with zero attached hydrogens (tertiary/aromatic N) is 3. The summed E-state index contributed by atoms with van der Waals surface area (Å²) in [5, 5.41) is 10.3. The summed E-state index contributed by atoms with van der Waals surface area (Å²) >= 11 is 1.53. The number of fused-ring (bicyclic) bond motifs is 1. The molecule has 1 aromatic carbocycles. The molecular weight excluding hydrogens is 390 g/mol. The summed E-state index contributed by atoms with van der Waals surface area (Å²) in [4.78, 5) is 35.6. The lowest BCUT2D eigenvalue weighted by Crippen LogP contribution is -2.51. The molecule has 1 aliphatic rings. The molecule has 148 valence electrons. The third-order valence-corrected chi connectivity index (χ3v) is 5.80. The van der Waals surface area contributed by atoms with E-state index in [2.05, 4.69) is 4.98 Å². The zero-order chi connectivity index (χ0) is 20.7. The Morgan fingerprint density at radius 1 is 1.31 bits per heavy atom. The molecule has 3 aromatic rings. The van der Waals surface area contributed by atoms with Crippen LogP contribution >= 0.6 is 11.3 Å². The van der Waals surface area contributed by atoms with E-state index in [1.165, 1.54) is 23.2 Å². The molecule has 0 spiro atoms. The van der Waals surface area contributed by atoms with Crippen LogP contribution in [-0.4, -0.2) is 39.1 Å². The number of thiazole rings is 1. The lowest BCUT2D eigenvalue weighted by atomic mass is 10.1. The number of anilines is 1. The maximum Gasteiger partial charge on any atom is 0.326 e. The van der Waals surface area contributed by atoms with Crippen LogP contribution in [-0.2, 0) is 9.59 Å². The maximum atomic E-state index is 12.7. The van der Waals surface area contributed by atoms with Crippen LogP contribution in [0.3, 0.4) is 0 Å². The van der Waals surface area contributed by atoms with Crippen molar-refractivity contribution in [2.45, 2.75) is 32.9 Å². The van der Waals surface area contributed by atoms with Gasteiger partial charge in [-0.15, -0.1) is 11.3 Å². The molecule has 0 aliphatic carbocycles. The molecule has 0 bridgehead atoms. The average molecular weight is 409 g/mol. The second-order valence-corrected chi connectivity index (χ2v) is 8.01. The van der Waals surface area contributed by atoms with Gasteiger partial charge in [0.15, 0.2) is 6.10 Å². The molecule has 29 heavy (non-hydrogen) atoms. The minimum Gasteiger partial charge on any atom is -0.480 e. The largest absolute Gasteiger partial charge is 0.480 e. The fourth-order valence-corrected chi connectivity index (χ4v) is 4.19. The Balaban J connectivity index is 1.80. The summed E-state index contributed by atoms with van der Waals surface area (Å²) in [6, 6.07) is 10.0. The highest BCUT2D eigenvalue weighted by Crippen LogP contribution is 2.40. The van der Waals surface area contributed by atoms with Crippen LogP contribution in [0.4, 0.5) is 5.69 Å². The van der Waals surface area contributed by atoms with Gasteiger partial charge in [0.2, 0.25) is 0 Å². The topological polar surface area (TPSA) is 92.6 Å². The van der Waals surface area contributed by atoms with E-state index in [4.69, 9.17) is 9.72 Å². The van der Waals surface area contributed by atoms with E-state index < -0.39 is 18.1 Å². The Labute approximate surface area is 171 Å². The molecule has 0 saturated carbocycles.